The summed E-state index contributed by atoms with van der Waals surface area (Å²) in [5.74, 6) is 0. The maximum absolute atomic E-state index is 12.0. The molecule has 1 rings (SSSR count). The first kappa shape index (κ1) is 16.1. The molecule has 0 aliphatic carbocycles. The third kappa shape index (κ3) is 5.25. The van der Waals surface area contributed by atoms with Gasteiger partial charge >= 0.3 is 0 Å². The van der Waals surface area contributed by atoms with Gasteiger partial charge in [-0.25, -0.2) is 0 Å². The molecule has 0 radical (unpaired) electrons. The Morgan fingerprint density at radius 2 is 2.00 bits per heavy atom. The van der Waals surface area contributed by atoms with E-state index in [9.17, 15) is 8.42 Å². The monoisotopic (exact) mass is 288 g/mol. The van der Waals surface area contributed by atoms with E-state index in [1.807, 2.05) is 30.3 Å². The Balaban J connectivity index is 2.66. The van der Waals surface area contributed by atoms with Crippen LogP contribution in [0.3, 0.4) is 0 Å². The summed E-state index contributed by atoms with van der Waals surface area (Å²) >= 11 is 0. The molecule has 108 valence electrons. The van der Waals surface area contributed by atoms with Crippen LogP contribution in [-0.2, 0) is 21.5 Å². The minimum atomic E-state index is -3.65. The van der Waals surface area contributed by atoms with Crippen LogP contribution in [0.1, 0.15) is 5.56 Å². The van der Waals surface area contributed by atoms with Gasteiger partial charge in [-0.15, -0.1) is 0 Å². The van der Waals surface area contributed by atoms with E-state index < -0.39 is 16.3 Å². The van der Waals surface area contributed by atoms with Crippen molar-refractivity contribution in [2.24, 2.45) is 0 Å². The molecular weight excluding hydrogens is 268 g/mol. The van der Waals surface area contributed by atoms with E-state index in [4.69, 9.17) is 9.84 Å². The van der Waals surface area contributed by atoms with E-state index >= 15 is 0 Å². The Morgan fingerprint density at radius 1 is 1.37 bits per heavy atom. The van der Waals surface area contributed by atoms with Crippen molar-refractivity contribution in [1.29, 1.82) is 0 Å². The molecule has 0 fully saturated rings. The first-order valence-electron chi connectivity index (χ1n) is 5.87. The lowest BCUT2D eigenvalue weighted by molar-refractivity contribution is 0.138. The van der Waals surface area contributed by atoms with Crippen LogP contribution in [0.15, 0.2) is 30.3 Å². The molecular formula is C12H20N2O4S. The van der Waals surface area contributed by atoms with Crippen LogP contribution >= 0.6 is 0 Å². The molecule has 6 nitrogen and oxygen atoms in total. The summed E-state index contributed by atoms with van der Waals surface area (Å²) in [5, 5.41) is 9.07. The zero-order chi connectivity index (χ0) is 14.3. The molecule has 0 saturated heterocycles. The number of nitrogens with zero attached hydrogens (tertiary/aromatic N) is 1. The highest BCUT2D eigenvalue weighted by atomic mass is 32.2. The molecule has 2 N–H and O–H groups in total. The van der Waals surface area contributed by atoms with Crippen molar-refractivity contribution in [3.8, 4) is 0 Å². The van der Waals surface area contributed by atoms with Crippen LogP contribution in [0.5, 0.6) is 0 Å². The second-order valence-corrected chi connectivity index (χ2v) is 6.01. The highest BCUT2D eigenvalue weighted by Gasteiger charge is 2.22. The molecule has 0 spiro atoms. The standard InChI is InChI=1S/C12H20N2O4S/c1-14(8-11-6-4-3-5-7-11)19(16,17)13-12(9-15)10-18-2/h3-7,12-13,15H,8-10H2,1-2H3. The van der Waals surface area contributed by atoms with Crippen LogP contribution in [0, 0.1) is 0 Å². The van der Waals surface area contributed by atoms with E-state index in [1.165, 1.54) is 18.5 Å². The molecule has 19 heavy (non-hydrogen) atoms. The average Bonchev–Trinajstić information content (AvgIpc) is 2.39. The second kappa shape index (κ2) is 7.56. The van der Waals surface area contributed by atoms with Crippen LogP contribution < -0.4 is 4.72 Å². The van der Waals surface area contributed by atoms with Crippen LogP contribution in [0.4, 0.5) is 0 Å². The van der Waals surface area contributed by atoms with E-state index in [1.54, 1.807) is 0 Å². The smallest absolute Gasteiger partial charge is 0.279 e. The lowest BCUT2D eigenvalue weighted by Gasteiger charge is -2.21. The van der Waals surface area contributed by atoms with Crippen molar-refractivity contribution >= 4 is 10.2 Å². The summed E-state index contributed by atoms with van der Waals surface area (Å²) in [6.07, 6.45) is 0. The lowest BCUT2D eigenvalue weighted by atomic mass is 10.2. The number of rotatable bonds is 8. The zero-order valence-electron chi connectivity index (χ0n) is 11.1. The number of ether oxygens (including phenoxy) is 1. The SMILES string of the molecule is COCC(CO)NS(=O)(=O)N(C)Cc1ccccc1. The van der Waals surface area contributed by atoms with Gasteiger partial charge in [-0.3, -0.25) is 0 Å². The summed E-state index contributed by atoms with van der Waals surface area (Å²) in [6, 6.07) is 8.63. The molecule has 0 aromatic heterocycles. The van der Waals surface area contributed by atoms with Crippen molar-refractivity contribution < 1.29 is 18.3 Å². The predicted molar refractivity (Wildman–Crippen MR) is 72.7 cm³/mol. The number of nitrogens with one attached hydrogen (secondary N) is 1. The predicted octanol–water partition coefficient (Wildman–Crippen LogP) is -0.0399. The van der Waals surface area contributed by atoms with Crippen molar-refractivity contribution in [2.75, 3.05) is 27.4 Å². The fraction of sp³-hybridized carbons (Fsp3) is 0.500. The Bertz CT molecular complexity index is 464. The average molecular weight is 288 g/mol. The van der Waals surface area contributed by atoms with E-state index in [0.717, 1.165) is 5.56 Å². The first-order valence-corrected chi connectivity index (χ1v) is 7.31. The summed E-state index contributed by atoms with van der Waals surface area (Å²) in [7, 11) is -0.717. The maximum atomic E-state index is 12.0. The summed E-state index contributed by atoms with van der Waals surface area (Å²) in [4.78, 5) is 0. The van der Waals surface area contributed by atoms with Crippen LogP contribution in [-0.4, -0.2) is 51.2 Å². The van der Waals surface area contributed by atoms with Gasteiger partial charge in [0.1, 0.15) is 0 Å². The second-order valence-electron chi connectivity index (χ2n) is 4.20. The number of methoxy groups -OCH3 is 1. The molecule has 1 unspecified atom stereocenters. The molecule has 1 aromatic carbocycles. The molecule has 1 aromatic rings. The van der Waals surface area contributed by atoms with Crippen LogP contribution in [0.2, 0.25) is 0 Å². The topological polar surface area (TPSA) is 78.9 Å². The Morgan fingerprint density at radius 3 is 2.53 bits per heavy atom. The number of hydrogen-bond donors (Lipinski definition) is 2. The van der Waals surface area contributed by atoms with Gasteiger partial charge < -0.3 is 9.84 Å². The van der Waals surface area contributed by atoms with Gasteiger partial charge in [-0.1, -0.05) is 30.3 Å². The van der Waals surface area contributed by atoms with E-state index in [-0.39, 0.29) is 19.8 Å². The van der Waals surface area contributed by atoms with Crippen molar-refractivity contribution in [2.45, 2.75) is 12.6 Å². The highest BCUT2D eigenvalue weighted by molar-refractivity contribution is 7.87. The van der Waals surface area contributed by atoms with Gasteiger partial charge in [0.25, 0.3) is 10.2 Å². The number of aliphatic hydroxyl groups excluding tert-OH is 1. The largest absolute Gasteiger partial charge is 0.395 e. The van der Waals surface area contributed by atoms with Crippen LogP contribution in [0.25, 0.3) is 0 Å². The third-order valence-electron chi connectivity index (χ3n) is 2.56. The van der Waals surface area contributed by atoms with Gasteiger partial charge in [0.05, 0.1) is 19.3 Å². The van der Waals surface area contributed by atoms with Gasteiger partial charge in [0.15, 0.2) is 0 Å². The quantitative estimate of drug-likeness (QED) is 0.703. The van der Waals surface area contributed by atoms with Crippen molar-refractivity contribution in [1.82, 2.24) is 9.03 Å². The zero-order valence-corrected chi connectivity index (χ0v) is 11.9. The van der Waals surface area contributed by atoms with E-state index in [0.29, 0.717) is 0 Å². The third-order valence-corrected chi connectivity index (χ3v) is 4.14. The fourth-order valence-electron chi connectivity index (χ4n) is 1.55. The number of hydrogen-bond acceptors (Lipinski definition) is 4. The Hall–Kier alpha value is -0.990. The molecule has 0 aliphatic rings. The minimum absolute atomic E-state index is 0.120. The first-order chi connectivity index (χ1) is 8.99. The summed E-state index contributed by atoms with van der Waals surface area (Å²) < 4.78 is 32.5. The van der Waals surface area contributed by atoms with Crippen molar-refractivity contribution in [3.63, 3.8) is 0 Å². The molecule has 0 bridgehead atoms. The van der Waals surface area contributed by atoms with Gasteiger partial charge in [-0.2, -0.15) is 17.4 Å². The van der Waals surface area contributed by atoms with Gasteiger partial charge in [0.2, 0.25) is 0 Å². The normalized spacial score (nSPS) is 13.7. The number of benzene rings is 1. The summed E-state index contributed by atoms with van der Waals surface area (Å²) in [5.41, 5.74) is 0.891. The van der Waals surface area contributed by atoms with Crippen molar-refractivity contribution in [3.05, 3.63) is 35.9 Å². The Labute approximate surface area is 114 Å². The lowest BCUT2D eigenvalue weighted by Crippen LogP contribution is -2.46. The summed E-state index contributed by atoms with van der Waals surface area (Å²) in [6.45, 7) is 0.0719. The molecule has 0 amide bonds. The Kier molecular flexibility index (Phi) is 6.40. The minimum Gasteiger partial charge on any atom is -0.395 e. The number of aliphatic hydroxyl groups is 1. The molecule has 7 heteroatoms. The highest BCUT2D eigenvalue weighted by Crippen LogP contribution is 2.06. The fourth-order valence-corrected chi connectivity index (χ4v) is 2.61. The van der Waals surface area contributed by atoms with Gasteiger partial charge in [-0.05, 0) is 5.56 Å². The molecule has 0 heterocycles. The molecule has 0 saturated carbocycles. The van der Waals surface area contributed by atoms with E-state index in [2.05, 4.69) is 4.72 Å². The molecule has 0 aliphatic heterocycles. The molecule has 1 atom stereocenters. The maximum Gasteiger partial charge on any atom is 0.279 e. The van der Waals surface area contributed by atoms with Gasteiger partial charge in [0, 0.05) is 20.7 Å².